The Bertz CT molecular complexity index is 817. The zero-order chi connectivity index (χ0) is 20.3. The number of benzene rings is 2. The van der Waals surface area contributed by atoms with Gasteiger partial charge in [0.1, 0.15) is 5.75 Å². The van der Waals surface area contributed by atoms with Crippen molar-refractivity contribution in [2.75, 3.05) is 13.7 Å². The maximum atomic E-state index is 13.2. The van der Waals surface area contributed by atoms with Crippen molar-refractivity contribution in [3.63, 3.8) is 0 Å². The van der Waals surface area contributed by atoms with E-state index >= 15 is 0 Å². The molecule has 2 aromatic rings. The Balaban J connectivity index is 1.93. The van der Waals surface area contributed by atoms with E-state index < -0.39 is 0 Å². The van der Waals surface area contributed by atoms with E-state index in [1.807, 2.05) is 43.3 Å². The van der Waals surface area contributed by atoms with Gasteiger partial charge in [-0.15, -0.1) is 0 Å². The summed E-state index contributed by atoms with van der Waals surface area (Å²) in [7, 11) is 1.64. The molecule has 3 rings (SSSR count). The van der Waals surface area contributed by atoms with Gasteiger partial charge >= 0.3 is 0 Å². The average Bonchev–Trinajstić information content (AvgIpc) is 3.13. The van der Waals surface area contributed by atoms with E-state index in [1.54, 1.807) is 7.11 Å². The molecule has 0 spiro atoms. The Labute approximate surface area is 168 Å². The maximum absolute atomic E-state index is 13.2. The van der Waals surface area contributed by atoms with E-state index in [0.29, 0.717) is 11.6 Å². The lowest BCUT2D eigenvalue weighted by molar-refractivity contribution is 0.0632. The fourth-order valence-electron chi connectivity index (χ4n) is 4.50. The lowest BCUT2D eigenvalue weighted by Gasteiger charge is -2.45. The summed E-state index contributed by atoms with van der Waals surface area (Å²) >= 11 is 0. The summed E-state index contributed by atoms with van der Waals surface area (Å²) in [6, 6.07) is 16.3. The topological polar surface area (TPSA) is 41.6 Å². The van der Waals surface area contributed by atoms with Gasteiger partial charge < -0.3 is 10.1 Å². The number of ether oxygens (including phenoxy) is 1. The Hall–Kier alpha value is -2.33. The van der Waals surface area contributed by atoms with Gasteiger partial charge in [-0.3, -0.25) is 9.69 Å². The number of nitrogens with zero attached hydrogens (tertiary/aromatic N) is 1. The molecule has 28 heavy (non-hydrogen) atoms. The molecule has 4 heteroatoms. The van der Waals surface area contributed by atoms with Crippen LogP contribution in [0.4, 0.5) is 0 Å². The van der Waals surface area contributed by atoms with Gasteiger partial charge in [0.2, 0.25) is 0 Å². The predicted molar refractivity (Wildman–Crippen MR) is 114 cm³/mol. The van der Waals surface area contributed by atoms with Crippen LogP contribution in [-0.2, 0) is 0 Å². The van der Waals surface area contributed by atoms with Crippen LogP contribution in [-0.4, -0.2) is 36.0 Å². The molecular weight excluding hydrogens is 348 g/mol. The third-order valence-electron chi connectivity index (χ3n) is 6.09. The summed E-state index contributed by atoms with van der Waals surface area (Å²) in [5.41, 5.74) is 2.53. The molecule has 1 amide bonds. The standard InChI is InChI=1S/C24H32N2O2/c1-17-16-20(28-5)13-14-21(17)23(27)25-22(19-11-7-6-8-12-19)24(3,4)26-15-9-10-18(26)2/h6-8,11-14,16,18,22H,9-10,15H2,1-5H3,(H,25,27). The van der Waals surface area contributed by atoms with Gasteiger partial charge in [0.15, 0.2) is 0 Å². The van der Waals surface area contributed by atoms with Crippen LogP contribution in [0.25, 0.3) is 0 Å². The molecule has 150 valence electrons. The Morgan fingerprint density at radius 1 is 1.21 bits per heavy atom. The van der Waals surface area contributed by atoms with Crippen LogP contribution in [0.5, 0.6) is 5.75 Å². The highest BCUT2D eigenvalue weighted by Gasteiger charge is 2.41. The first-order chi connectivity index (χ1) is 13.3. The van der Waals surface area contributed by atoms with Crippen LogP contribution in [0.1, 0.15) is 61.1 Å². The number of hydrogen-bond acceptors (Lipinski definition) is 3. The van der Waals surface area contributed by atoms with Gasteiger partial charge in [-0.05, 0) is 76.4 Å². The van der Waals surface area contributed by atoms with E-state index in [0.717, 1.165) is 23.4 Å². The molecule has 2 unspecified atom stereocenters. The molecule has 4 nitrogen and oxygen atoms in total. The molecule has 0 saturated carbocycles. The molecule has 0 radical (unpaired) electrons. The zero-order valence-electron chi connectivity index (χ0n) is 17.7. The summed E-state index contributed by atoms with van der Waals surface area (Å²) in [6.07, 6.45) is 2.41. The molecule has 1 aliphatic heterocycles. The number of hydrogen-bond donors (Lipinski definition) is 1. The zero-order valence-corrected chi connectivity index (χ0v) is 17.7. The van der Waals surface area contributed by atoms with Crippen molar-refractivity contribution in [1.29, 1.82) is 0 Å². The maximum Gasteiger partial charge on any atom is 0.252 e. The molecule has 2 atom stereocenters. The van der Waals surface area contributed by atoms with Gasteiger partial charge in [-0.25, -0.2) is 0 Å². The first-order valence-electron chi connectivity index (χ1n) is 10.1. The molecule has 1 saturated heterocycles. The number of nitrogens with one attached hydrogen (secondary N) is 1. The largest absolute Gasteiger partial charge is 0.497 e. The van der Waals surface area contributed by atoms with Crippen LogP contribution >= 0.6 is 0 Å². The Kier molecular flexibility index (Phi) is 6.09. The molecule has 1 heterocycles. The van der Waals surface area contributed by atoms with Crippen molar-refractivity contribution in [2.45, 2.75) is 58.2 Å². The fraction of sp³-hybridized carbons (Fsp3) is 0.458. The van der Waals surface area contributed by atoms with Crippen molar-refractivity contribution >= 4 is 5.91 Å². The van der Waals surface area contributed by atoms with Gasteiger partial charge in [-0.1, -0.05) is 30.3 Å². The minimum atomic E-state index is -0.201. The minimum absolute atomic E-state index is 0.0473. The summed E-state index contributed by atoms with van der Waals surface area (Å²) in [5.74, 6) is 0.716. The van der Waals surface area contributed by atoms with Crippen molar-refractivity contribution in [1.82, 2.24) is 10.2 Å². The van der Waals surface area contributed by atoms with Crippen LogP contribution in [0.2, 0.25) is 0 Å². The molecular formula is C24H32N2O2. The minimum Gasteiger partial charge on any atom is -0.497 e. The molecule has 0 bridgehead atoms. The number of carbonyl (C=O) groups is 1. The molecule has 0 aliphatic carbocycles. The van der Waals surface area contributed by atoms with Crippen LogP contribution < -0.4 is 10.1 Å². The number of rotatable bonds is 6. The number of likely N-dealkylation sites (tertiary alicyclic amines) is 1. The number of methoxy groups -OCH3 is 1. The highest BCUT2D eigenvalue weighted by molar-refractivity contribution is 5.96. The Morgan fingerprint density at radius 3 is 2.50 bits per heavy atom. The summed E-state index contributed by atoms with van der Waals surface area (Å²) < 4.78 is 5.28. The second-order valence-corrected chi connectivity index (χ2v) is 8.34. The monoisotopic (exact) mass is 380 g/mol. The lowest BCUT2D eigenvalue weighted by Crippen LogP contribution is -2.54. The quantitative estimate of drug-likeness (QED) is 0.787. The van der Waals surface area contributed by atoms with Gasteiger partial charge in [0.25, 0.3) is 5.91 Å². The first-order valence-corrected chi connectivity index (χ1v) is 10.1. The second kappa shape index (κ2) is 8.36. The number of aryl methyl sites for hydroxylation is 1. The van der Waals surface area contributed by atoms with E-state index in [1.165, 1.54) is 12.8 Å². The molecule has 1 aliphatic rings. The van der Waals surface area contributed by atoms with Crippen molar-refractivity contribution in [2.24, 2.45) is 0 Å². The predicted octanol–water partition coefficient (Wildman–Crippen LogP) is 4.74. The van der Waals surface area contributed by atoms with Crippen LogP contribution in [0.15, 0.2) is 48.5 Å². The first kappa shape index (κ1) is 20.4. The molecule has 1 N–H and O–H groups in total. The summed E-state index contributed by atoms with van der Waals surface area (Å²) in [5, 5.41) is 3.34. The average molecular weight is 381 g/mol. The summed E-state index contributed by atoms with van der Waals surface area (Å²) in [6.45, 7) is 9.78. The highest BCUT2D eigenvalue weighted by atomic mass is 16.5. The van der Waals surface area contributed by atoms with Gasteiger partial charge in [0.05, 0.1) is 13.2 Å². The fourth-order valence-corrected chi connectivity index (χ4v) is 4.50. The number of carbonyl (C=O) groups excluding carboxylic acids is 1. The third-order valence-corrected chi connectivity index (χ3v) is 6.09. The van der Waals surface area contributed by atoms with E-state index in [4.69, 9.17) is 4.74 Å². The van der Waals surface area contributed by atoms with Crippen molar-refractivity contribution < 1.29 is 9.53 Å². The summed E-state index contributed by atoms with van der Waals surface area (Å²) in [4.78, 5) is 15.8. The van der Waals surface area contributed by atoms with Crippen molar-refractivity contribution in [3.05, 3.63) is 65.2 Å². The SMILES string of the molecule is COc1ccc(C(=O)NC(c2ccccc2)C(C)(C)N2CCCC2C)c(C)c1. The second-order valence-electron chi connectivity index (χ2n) is 8.34. The molecule has 0 aromatic heterocycles. The van der Waals surface area contributed by atoms with E-state index in [-0.39, 0.29) is 17.5 Å². The molecule has 1 fully saturated rings. The van der Waals surface area contributed by atoms with Crippen LogP contribution in [0, 0.1) is 6.92 Å². The highest BCUT2D eigenvalue weighted by Crippen LogP contribution is 2.36. The van der Waals surface area contributed by atoms with Gasteiger partial charge in [0, 0.05) is 17.1 Å². The van der Waals surface area contributed by atoms with E-state index in [2.05, 4.69) is 43.1 Å². The van der Waals surface area contributed by atoms with Crippen molar-refractivity contribution in [3.8, 4) is 5.75 Å². The Morgan fingerprint density at radius 2 is 1.93 bits per heavy atom. The smallest absolute Gasteiger partial charge is 0.252 e. The number of amides is 1. The third kappa shape index (κ3) is 4.07. The molecule has 2 aromatic carbocycles. The lowest BCUT2D eigenvalue weighted by atomic mass is 9.86. The van der Waals surface area contributed by atoms with Gasteiger partial charge in [-0.2, -0.15) is 0 Å². The van der Waals surface area contributed by atoms with Crippen LogP contribution in [0.3, 0.4) is 0 Å². The van der Waals surface area contributed by atoms with E-state index in [9.17, 15) is 4.79 Å². The normalized spacial score (nSPS) is 18.7.